The molecule has 0 unspecified atom stereocenters. The van der Waals surface area contributed by atoms with E-state index in [-0.39, 0.29) is 5.75 Å². The zero-order valence-corrected chi connectivity index (χ0v) is 15.4. The number of fused-ring (bicyclic) bond motifs is 1. The van der Waals surface area contributed by atoms with Crippen LogP contribution in [0.2, 0.25) is 0 Å². The molecular formula is C21H15F3N4O2. The highest BCUT2D eigenvalue weighted by molar-refractivity contribution is 6.05. The van der Waals surface area contributed by atoms with Gasteiger partial charge in [-0.3, -0.25) is 4.79 Å². The number of nitrogens with one attached hydrogen (secondary N) is 1. The highest BCUT2D eigenvalue weighted by Gasteiger charge is 2.31. The van der Waals surface area contributed by atoms with Gasteiger partial charge >= 0.3 is 6.36 Å². The van der Waals surface area contributed by atoms with Crippen molar-refractivity contribution in [2.75, 3.05) is 5.32 Å². The molecule has 2 heterocycles. The van der Waals surface area contributed by atoms with Gasteiger partial charge in [-0.15, -0.1) is 13.2 Å². The predicted molar refractivity (Wildman–Crippen MR) is 104 cm³/mol. The summed E-state index contributed by atoms with van der Waals surface area (Å²) < 4.78 is 42.2. The number of carbonyl (C=O) groups is 1. The summed E-state index contributed by atoms with van der Waals surface area (Å²) in [5.41, 5.74) is 2.35. The monoisotopic (exact) mass is 412 g/mol. The highest BCUT2D eigenvalue weighted by Crippen LogP contribution is 2.24. The van der Waals surface area contributed by atoms with E-state index in [2.05, 4.69) is 20.1 Å². The van der Waals surface area contributed by atoms with E-state index in [1.54, 1.807) is 16.9 Å². The van der Waals surface area contributed by atoms with Crippen LogP contribution in [0.25, 0.3) is 11.0 Å². The molecule has 0 radical (unpaired) electrons. The first kappa shape index (κ1) is 19.4. The van der Waals surface area contributed by atoms with E-state index in [1.807, 2.05) is 30.3 Å². The molecule has 4 aromatic rings. The van der Waals surface area contributed by atoms with Crippen molar-refractivity contribution in [1.82, 2.24) is 14.8 Å². The summed E-state index contributed by atoms with van der Waals surface area (Å²) in [5.74, 6) is -0.806. The molecule has 0 spiro atoms. The average Bonchev–Trinajstić information content (AvgIpc) is 3.11. The van der Waals surface area contributed by atoms with E-state index in [0.717, 1.165) is 17.7 Å². The zero-order valence-electron chi connectivity index (χ0n) is 15.4. The molecule has 0 saturated carbocycles. The molecule has 1 N–H and O–H groups in total. The Hall–Kier alpha value is -3.88. The Morgan fingerprint density at radius 3 is 2.47 bits per heavy atom. The number of rotatable bonds is 5. The van der Waals surface area contributed by atoms with Crippen LogP contribution in [0.15, 0.2) is 73.1 Å². The van der Waals surface area contributed by atoms with Crippen molar-refractivity contribution in [2.45, 2.75) is 12.9 Å². The Morgan fingerprint density at radius 1 is 1.03 bits per heavy atom. The minimum Gasteiger partial charge on any atom is -0.406 e. The number of amides is 1. The van der Waals surface area contributed by atoms with Crippen LogP contribution in [0.1, 0.15) is 15.9 Å². The molecule has 0 fully saturated rings. The quantitative estimate of drug-likeness (QED) is 0.519. The minimum absolute atomic E-state index is 0.303. The molecule has 9 heteroatoms. The van der Waals surface area contributed by atoms with Gasteiger partial charge in [-0.2, -0.15) is 5.10 Å². The molecule has 1 amide bonds. The van der Waals surface area contributed by atoms with Gasteiger partial charge in [0.2, 0.25) is 0 Å². The van der Waals surface area contributed by atoms with E-state index < -0.39 is 12.3 Å². The average molecular weight is 412 g/mol. The van der Waals surface area contributed by atoms with Crippen molar-refractivity contribution in [3.63, 3.8) is 0 Å². The van der Waals surface area contributed by atoms with Crippen molar-refractivity contribution in [2.24, 2.45) is 0 Å². The molecule has 2 aromatic carbocycles. The number of hydrogen-bond acceptors (Lipinski definition) is 4. The van der Waals surface area contributed by atoms with E-state index in [4.69, 9.17) is 0 Å². The SMILES string of the molecule is O=C(Nc1ccc(OC(F)(F)F)cc1)c1cnc2c(cnn2Cc2ccccc2)c1. The van der Waals surface area contributed by atoms with E-state index in [0.29, 0.717) is 28.8 Å². The number of nitrogens with zero attached hydrogens (tertiary/aromatic N) is 3. The molecule has 0 aliphatic heterocycles. The fourth-order valence-electron chi connectivity index (χ4n) is 2.91. The summed E-state index contributed by atoms with van der Waals surface area (Å²) in [4.78, 5) is 16.8. The van der Waals surface area contributed by atoms with E-state index in [1.165, 1.54) is 18.3 Å². The smallest absolute Gasteiger partial charge is 0.406 e. The van der Waals surface area contributed by atoms with Gasteiger partial charge in [0.25, 0.3) is 5.91 Å². The van der Waals surface area contributed by atoms with Gasteiger partial charge in [0, 0.05) is 17.3 Å². The second-order valence-electron chi connectivity index (χ2n) is 6.45. The normalized spacial score (nSPS) is 11.4. The lowest BCUT2D eigenvalue weighted by Gasteiger charge is -2.10. The number of aromatic nitrogens is 3. The lowest BCUT2D eigenvalue weighted by Crippen LogP contribution is -2.17. The third-order valence-corrected chi connectivity index (χ3v) is 4.26. The summed E-state index contributed by atoms with van der Waals surface area (Å²) in [5, 5.41) is 7.65. The van der Waals surface area contributed by atoms with E-state index >= 15 is 0 Å². The molecular weight excluding hydrogens is 397 g/mol. The van der Waals surface area contributed by atoms with Crippen LogP contribution in [0.3, 0.4) is 0 Å². The van der Waals surface area contributed by atoms with Crippen LogP contribution in [0.5, 0.6) is 5.75 Å². The maximum atomic E-state index is 12.5. The third-order valence-electron chi connectivity index (χ3n) is 4.26. The number of hydrogen-bond donors (Lipinski definition) is 1. The summed E-state index contributed by atoms with van der Waals surface area (Å²) in [6.45, 7) is 0.551. The first-order valence-corrected chi connectivity index (χ1v) is 8.90. The molecule has 2 aromatic heterocycles. The van der Waals surface area contributed by atoms with Gasteiger partial charge in [-0.25, -0.2) is 9.67 Å². The summed E-state index contributed by atoms with van der Waals surface area (Å²) in [7, 11) is 0. The number of alkyl halides is 3. The first-order valence-electron chi connectivity index (χ1n) is 8.90. The third kappa shape index (κ3) is 4.57. The number of benzene rings is 2. The molecule has 0 atom stereocenters. The Kier molecular flexibility index (Phi) is 5.09. The number of ether oxygens (including phenoxy) is 1. The molecule has 152 valence electrons. The van der Waals surface area contributed by atoms with Crippen molar-refractivity contribution in [3.8, 4) is 5.75 Å². The zero-order chi connectivity index (χ0) is 21.1. The van der Waals surface area contributed by atoms with Crippen LogP contribution in [0.4, 0.5) is 18.9 Å². The lowest BCUT2D eigenvalue weighted by molar-refractivity contribution is -0.274. The lowest BCUT2D eigenvalue weighted by atomic mass is 10.2. The Labute approximate surface area is 168 Å². The molecule has 0 aliphatic carbocycles. The van der Waals surface area contributed by atoms with Gasteiger partial charge in [-0.1, -0.05) is 30.3 Å². The van der Waals surface area contributed by atoms with Crippen molar-refractivity contribution in [1.29, 1.82) is 0 Å². The first-order chi connectivity index (χ1) is 14.4. The summed E-state index contributed by atoms with van der Waals surface area (Å²) in [6.07, 6.45) is -1.70. The second-order valence-corrected chi connectivity index (χ2v) is 6.45. The van der Waals surface area contributed by atoms with Crippen LogP contribution in [0, 0.1) is 0 Å². The summed E-state index contributed by atoms with van der Waals surface area (Å²) >= 11 is 0. The standard InChI is InChI=1S/C21H15F3N4O2/c22-21(23,24)30-18-8-6-17(7-9-18)27-20(29)16-10-15-12-26-28(19(15)25-11-16)13-14-4-2-1-3-5-14/h1-12H,13H2,(H,27,29). The van der Waals surface area contributed by atoms with Crippen molar-refractivity contribution >= 4 is 22.6 Å². The number of anilines is 1. The van der Waals surface area contributed by atoms with Crippen molar-refractivity contribution < 1.29 is 22.7 Å². The van der Waals surface area contributed by atoms with Crippen molar-refractivity contribution in [3.05, 3.63) is 84.2 Å². The molecule has 0 saturated heterocycles. The Bertz CT molecular complexity index is 1170. The molecule has 0 aliphatic rings. The molecule has 6 nitrogen and oxygen atoms in total. The second kappa shape index (κ2) is 7.86. The van der Waals surface area contributed by atoms with Crippen LogP contribution in [-0.4, -0.2) is 27.0 Å². The van der Waals surface area contributed by atoms with Crippen LogP contribution >= 0.6 is 0 Å². The van der Waals surface area contributed by atoms with Gasteiger partial charge in [0.1, 0.15) is 5.75 Å². The fraction of sp³-hybridized carbons (Fsp3) is 0.0952. The predicted octanol–water partition coefficient (Wildman–Crippen LogP) is 4.63. The van der Waals surface area contributed by atoms with Gasteiger partial charge in [0.05, 0.1) is 18.3 Å². The fourth-order valence-corrected chi connectivity index (χ4v) is 2.91. The maximum absolute atomic E-state index is 12.5. The van der Waals surface area contributed by atoms with Gasteiger partial charge in [-0.05, 0) is 35.9 Å². The largest absolute Gasteiger partial charge is 0.573 e. The molecule has 0 bridgehead atoms. The Morgan fingerprint density at radius 2 is 1.77 bits per heavy atom. The number of carbonyl (C=O) groups excluding carboxylic acids is 1. The molecule has 4 rings (SSSR count). The van der Waals surface area contributed by atoms with Crippen LogP contribution < -0.4 is 10.1 Å². The van der Waals surface area contributed by atoms with Gasteiger partial charge < -0.3 is 10.1 Å². The maximum Gasteiger partial charge on any atom is 0.573 e. The van der Waals surface area contributed by atoms with Crippen LogP contribution in [-0.2, 0) is 6.54 Å². The van der Waals surface area contributed by atoms with Gasteiger partial charge in [0.15, 0.2) is 5.65 Å². The number of halogens is 3. The number of pyridine rings is 1. The Balaban J connectivity index is 1.47. The topological polar surface area (TPSA) is 69.0 Å². The summed E-state index contributed by atoms with van der Waals surface area (Å²) in [6, 6.07) is 16.3. The van der Waals surface area contributed by atoms with E-state index in [9.17, 15) is 18.0 Å². The minimum atomic E-state index is -4.77. The molecule has 30 heavy (non-hydrogen) atoms. The highest BCUT2D eigenvalue weighted by atomic mass is 19.4.